The Morgan fingerprint density at radius 2 is 1.66 bits per heavy atom. The summed E-state index contributed by atoms with van der Waals surface area (Å²) in [6.45, 7) is 5.08. The Balaban J connectivity index is 2.50. The standard InChI is InChI=1S/C22H31N3O7/c1-4-31-20(29)22(24-15(3)28,21(30)32-5-2)13-16-14-23-19-12-17(6-7-18(16)19)25(8-10-26)9-11-27/h6-7,12,14,23,26-27H,4-5,8-11,13H2,1-3H3,(H,24,28). The second kappa shape index (κ2) is 11.5. The predicted octanol–water partition coefficient (Wildman–Crippen LogP) is 0.502. The summed E-state index contributed by atoms with van der Waals surface area (Å²) < 4.78 is 10.2. The van der Waals surface area contributed by atoms with Crippen molar-refractivity contribution < 1.29 is 34.1 Å². The Morgan fingerprint density at radius 3 is 2.16 bits per heavy atom. The number of fused-ring (bicyclic) bond motifs is 1. The molecule has 0 fully saturated rings. The first-order valence-corrected chi connectivity index (χ1v) is 10.5. The lowest BCUT2D eigenvalue weighted by Crippen LogP contribution is -2.62. The van der Waals surface area contributed by atoms with Gasteiger partial charge in [0.15, 0.2) is 0 Å². The molecule has 10 heteroatoms. The molecule has 0 spiro atoms. The molecule has 1 aromatic carbocycles. The average Bonchev–Trinajstić information content (AvgIpc) is 3.14. The summed E-state index contributed by atoms with van der Waals surface area (Å²) in [6.07, 6.45) is 1.49. The minimum atomic E-state index is -2.02. The molecule has 0 bridgehead atoms. The monoisotopic (exact) mass is 449 g/mol. The first-order valence-electron chi connectivity index (χ1n) is 10.5. The van der Waals surface area contributed by atoms with E-state index in [1.807, 2.05) is 23.1 Å². The van der Waals surface area contributed by atoms with Crippen LogP contribution in [0, 0.1) is 0 Å². The number of aromatic amines is 1. The molecule has 1 heterocycles. The number of nitrogens with zero attached hydrogens (tertiary/aromatic N) is 1. The molecular formula is C22H31N3O7. The number of hydrogen-bond donors (Lipinski definition) is 4. The molecule has 0 atom stereocenters. The van der Waals surface area contributed by atoms with Gasteiger partial charge < -0.3 is 34.9 Å². The highest BCUT2D eigenvalue weighted by atomic mass is 16.6. The minimum absolute atomic E-state index is 0.0301. The van der Waals surface area contributed by atoms with Gasteiger partial charge in [0.2, 0.25) is 11.4 Å². The van der Waals surface area contributed by atoms with Crippen molar-refractivity contribution in [3.63, 3.8) is 0 Å². The van der Waals surface area contributed by atoms with Crippen LogP contribution in [-0.2, 0) is 30.3 Å². The highest BCUT2D eigenvalue weighted by molar-refractivity contribution is 6.08. The third-order valence-electron chi connectivity index (χ3n) is 4.95. The van der Waals surface area contributed by atoms with E-state index in [1.165, 1.54) is 6.92 Å². The molecule has 0 saturated heterocycles. The summed E-state index contributed by atoms with van der Waals surface area (Å²) in [5.74, 6) is -2.36. The molecule has 0 aliphatic heterocycles. The Bertz CT molecular complexity index is 917. The summed E-state index contributed by atoms with van der Waals surface area (Å²) in [5.41, 5.74) is 0.101. The molecular weight excluding hydrogens is 418 g/mol. The number of H-pyrrole nitrogens is 1. The molecule has 176 valence electrons. The second-order valence-corrected chi connectivity index (χ2v) is 7.18. The highest BCUT2D eigenvalue weighted by Crippen LogP contribution is 2.28. The SMILES string of the molecule is CCOC(=O)C(Cc1c[nH]c2cc(N(CCO)CCO)ccc12)(NC(C)=O)C(=O)OCC. The van der Waals surface area contributed by atoms with Gasteiger partial charge in [0.05, 0.1) is 26.4 Å². The number of aromatic nitrogens is 1. The lowest BCUT2D eigenvalue weighted by atomic mass is 9.90. The number of carbonyl (C=O) groups is 3. The van der Waals surface area contributed by atoms with Crippen LogP contribution in [0.3, 0.4) is 0 Å². The Kier molecular flexibility index (Phi) is 9.03. The van der Waals surface area contributed by atoms with Crippen molar-refractivity contribution in [2.75, 3.05) is 44.4 Å². The largest absolute Gasteiger partial charge is 0.464 e. The van der Waals surface area contributed by atoms with E-state index in [0.29, 0.717) is 18.7 Å². The summed E-state index contributed by atoms with van der Waals surface area (Å²) in [7, 11) is 0. The van der Waals surface area contributed by atoms with Crippen LogP contribution in [0.1, 0.15) is 26.3 Å². The quantitative estimate of drug-likeness (QED) is 0.271. The van der Waals surface area contributed by atoms with E-state index in [-0.39, 0.29) is 32.8 Å². The number of ether oxygens (including phenoxy) is 2. The fraction of sp³-hybridized carbons (Fsp3) is 0.500. The van der Waals surface area contributed by atoms with Crippen molar-refractivity contribution in [2.45, 2.75) is 32.7 Å². The number of carbonyl (C=O) groups excluding carboxylic acids is 3. The van der Waals surface area contributed by atoms with Crippen LogP contribution in [0.5, 0.6) is 0 Å². The van der Waals surface area contributed by atoms with Crippen LogP contribution < -0.4 is 10.2 Å². The van der Waals surface area contributed by atoms with Crippen molar-refractivity contribution in [1.82, 2.24) is 10.3 Å². The molecule has 0 unspecified atom stereocenters. The minimum Gasteiger partial charge on any atom is -0.464 e. The van der Waals surface area contributed by atoms with Gasteiger partial charge >= 0.3 is 11.9 Å². The number of esters is 2. The smallest absolute Gasteiger partial charge is 0.344 e. The van der Waals surface area contributed by atoms with E-state index in [1.54, 1.807) is 20.0 Å². The van der Waals surface area contributed by atoms with Gasteiger partial charge in [-0.15, -0.1) is 0 Å². The van der Waals surface area contributed by atoms with Crippen LogP contribution in [0.4, 0.5) is 5.69 Å². The molecule has 0 aliphatic carbocycles. The van der Waals surface area contributed by atoms with E-state index >= 15 is 0 Å². The average molecular weight is 450 g/mol. The van der Waals surface area contributed by atoms with Crippen LogP contribution in [0.15, 0.2) is 24.4 Å². The van der Waals surface area contributed by atoms with Gasteiger partial charge in [0.25, 0.3) is 0 Å². The van der Waals surface area contributed by atoms with Crippen LogP contribution in [0.2, 0.25) is 0 Å². The zero-order valence-electron chi connectivity index (χ0n) is 18.6. The predicted molar refractivity (Wildman–Crippen MR) is 118 cm³/mol. The molecule has 0 aliphatic rings. The van der Waals surface area contributed by atoms with Gasteiger partial charge in [-0.05, 0) is 31.5 Å². The molecule has 1 amide bonds. The number of nitrogens with one attached hydrogen (secondary N) is 2. The Morgan fingerprint density at radius 1 is 1.06 bits per heavy atom. The molecule has 2 rings (SSSR count). The Hall–Kier alpha value is -3.11. The number of anilines is 1. The van der Waals surface area contributed by atoms with Crippen molar-refractivity contribution in [3.8, 4) is 0 Å². The van der Waals surface area contributed by atoms with Gasteiger partial charge in [-0.2, -0.15) is 0 Å². The molecule has 10 nitrogen and oxygen atoms in total. The number of hydrogen-bond acceptors (Lipinski definition) is 8. The fourth-order valence-corrected chi connectivity index (χ4v) is 3.60. The second-order valence-electron chi connectivity index (χ2n) is 7.18. The third kappa shape index (κ3) is 5.57. The lowest BCUT2D eigenvalue weighted by Gasteiger charge is -2.29. The fourth-order valence-electron chi connectivity index (χ4n) is 3.60. The number of rotatable bonds is 12. The van der Waals surface area contributed by atoms with Gasteiger partial charge in [0.1, 0.15) is 0 Å². The van der Waals surface area contributed by atoms with Gasteiger partial charge in [0, 0.05) is 49.2 Å². The lowest BCUT2D eigenvalue weighted by molar-refractivity contribution is -0.167. The van der Waals surface area contributed by atoms with Gasteiger partial charge in [-0.1, -0.05) is 6.07 Å². The Labute approximate surface area is 186 Å². The maximum atomic E-state index is 12.9. The number of amides is 1. The summed E-state index contributed by atoms with van der Waals surface area (Å²) in [5, 5.41) is 21.8. The van der Waals surface area contributed by atoms with Crippen LogP contribution in [-0.4, -0.2) is 78.1 Å². The van der Waals surface area contributed by atoms with Crippen molar-refractivity contribution >= 4 is 34.4 Å². The molecule has 2 aromatic rings. The van der Waals surface area contributed by atoms with E-state index in [9.17, 15) is 24.6 Å². The van der Waals surface area contributed by atoms with Crippen molar-refractivity contribution in [2.24, 2.45) is 0 Å². The number of aliphatic hydroxyl groups is 2. The van der Waals surface area contributed by atoms with Gasteiger partial charge in [-0.25, -0.2) is 9.59 Å². The molecule has 1 aromatic heterocycles. The van der Waals surface area contributed by atoms with E-state index < -0.39 is 23.4 Å². The zero-order valence-corrected chi connectivity index (χ0v) is 18.6. The summed E-state index contributed by atoms with van der Waals surface area (Å²) in [4.78, 5) is 42.6. The normalized spacial score (nSPS) is 11.3. The maximum absolute atomic E-state index is 12.9. The molecule has 32 heavy (non-hydrogen) atoms. The number of aliphatic hydroxyl groups excluding tert-OH is 2. The topological polar surface area (TPSA) is 141 Å². The molecule has 0 radical (unpaired) electrons. The van der Waals surface area contributed by atoms with Crippen molar-refractivity contribution in [1.29, 1.82) is 0 Å². The first kappa shape index (κ1) is 25.2. The van der Waals surface area contributed by atoms with Gasteiger partial charge in [-0.3, -0.25) is 4.79 Å². The van der Waals surface area contributed by atoms with Crippen LogP contribution in [0.25, 0.3) is 10.9 Å². The third-order valence-corrected chi connectivity index (χ3v) is 4.95. The van der Waals surface area contributed by atoms with E-state index in [2.05, 4.69) is 10.3 Å². The molecule has 4 N–H and O–H groups in total. The zero-order chi connectivity index (χ0) is 23.7. The highest BCUT2D eigenvalue weighted by Gasteiger charge is 2.50. The van der Waals surface area contributed by atoms with Crippen molar-refractivity contribution in [3.05, 3.63) is 30.0 Å². The van der Waals surface area contributed by atoms with Crippen LogP contribution >= 0.6 is 0 Å². The first-order chi connectivity index (χ1) is 15.3. The number of benzene rings is 1. The summed E-state index contributed by atoms with van der Waals surface area (Å²) in [6, 6.07) is 5.48. The maximum Gasteiger partial charge on any atom is 0.344 e. The van der Waals surface area contributed by atoms with E-state index in [4.69, 9.17) is 9.47 Å². The molecule has 0 saturated carbocycles. The summed E-state index contributed by atoms with van der Waals surface area (Å²) >= 11 is 0. The van der Waals surface area contributed by atoms with E-state index in [0.717, 1.165) is 16.6 Å².